The molecule has 0 aliphatic heterocycles. The maximum atomic E-state index is 13.0. The fraction of sp³-hybridized carbons (Fsp3) is 0.0769. The predicted octanol–water partition coefficient (Wildman–Crippen LogP) is 3.89. The summed E-state index contributed by atoms with van der Waals surface area (Å²) in [6.45, 7) is 0.242. The topological polar surface area (TPSA) is 35.2 Å². The lowest BCUT2D eigenvalue weighted by Gasteiger charge is -2.08. The Kier molecular flexibility index (Phi) is 3.81. The number of benzene rings is 2. The minimum Gasteiger partial charge on any atom is -0.489 e. The molecule has 0 atom stereocenters. The van der Waals surface area contributed by atoms with Gasteiger partial charge in [0.25, 0.3) is 0 Å². The molecule has 2 aromatic carbocycles. The highest BCUT2D eigenvalue weighted by Gasteiger charge is 2.05. The van der Waals surface area contributed by atoms with Crippen LogP contribution in [0.1, 0.15) is 5.56 Å². The predicted molar refractivity (Wildman–Crippen MR) is 69.2 cm³/mol. The molecule has 0 aliphatic rings. The van der Waals surface area contributed by atoms with E-state index < -0.39 is 11.6 Å². The van der Waals surface area contributed by atoms with Gasteiger partial charge in [-0.25, -0.2) is 8.78 Å². The first-order valence-corrected chi connectivity index (χ1v) is 5.97. The Morgan fingerprint density at radius 2 is 1.83 bits per heavy atom. The molecule has 2 nitrogen and oxygen atoms in total. The summed E-state index contributed by atoms with van der Waals surface area (Å²) in [6, 6.07) is 8.73. The summed E-state index contributed by atoms with van der Waals surface area (Å²) in [6.07, 6.45) is 0. The van der Waals surface area contributed by atoms with Gasteiger partial charge in [0.05, 0.1) is 0 Å². The van der Waals surface area contributed by atoms with Crippen molar-refractivity contribution in [1.82, 2.24) is 0 Å². The molecule has 18 heavy (non-hydrogen) atoms. The van der Waals surface area contributed by atoms with Crippen molar-refractivity contribution < 1.29 is 13.5 Å². The Labute approximate surface area is 112 Å². The van der Waals surface area contributed by atoms with E-state index in [2.05, 4.69) is 15.9 Å². The van der Waals surface area contributed by atoms with Crippen LogP contribution in [0.4, 0.5) is 14.5 Å². The molecule has 0 saturated carbocycles. The maximum Gasteiger partial charge on any atom is 0.162 e. The van der Waals surface area contributed by atoms with E-state index in [0.717, 1.165) is 22.2 Å². The highest BCUT2D eigenvalue weighted by atomic mass is 79.9. The van der Waals surface area contributed by atoms with E-state index in [0.29, 0.717) is 5.69 Å². The summed E-state index contributed by atoms with van der Waals surface area (Å²) < 4.78 is 31.9. The lowest BCUT2D eigenvalue weighted by atomic mass is 10.2. The van der Waals surface area contributed by atoms with Gasteiger partial charge in [-0.1, -0.05) is 22.0 Å². The van der Waals surface area contributed by atoms with Crippen molar-refractivity contribution in [2.45, 2.75) is 6.61 Å². The number of hydrogen-bond acceptors (Lipinski definition) is 2. The first kappa shape index (κ1) is 12.8. The Balaban J connectivity index is 2.09. The van der Waals surface area contributed by atoms with Crippen LogP contribution in [0, 0.1) is 11.6 Å². The van der Waals surface area contributed by atoms with Crippen LogP contribution in [0.3, 0.4) is 0 Å². The van der Waals surface area contributed by atoms with Crippen molar-refractivity contribution in [3.05, 3.63) is 58.1 Å². The van der Waals surface area contributed by atoms with Gasteiger partial charge in [0.1, 0.15) is 12.4 Å². The van der Waals surface area contributed by atoms with Crippen LogP contribution in [0.15, 0.2) is 40.9 Å². The van der Waals surface area contributed by atoms with Crippen LogP contribution in [-0.4, -0.2) is 0 Å². The van der Waals surface area contributed by atoms with E-state index in [1.807, 2.05) is 0 Å². The van der Waals surface area contributed by atoms with Gasteiger partial charge >= 0.3 is 0 Å². The minimum atomic E-state index is -0.927. The molecular weight excluding hydrogens is 304 g/mol. The number of nitrogens with two attached hydrogens (primary N) is 1. The molecule has 0 amide bonds. The second-order valence-corrected chi connectivity index (χ2v) is 4.57. The summed E-state index contributed by atoms with van der Waals surface area (Å²) in [4.78, 5) is 0. The van der Waals surface area contributed by atoms with Crippen LogP contribution in [0.25, 0.3) is 0 Å². The number of ether oxygens (including phenoxy) is 1. The monoisotopic (exact) mass is 313 g/mol. The molecule has 0 aromatic heterocycles. The van der Waals surface area contributed by atoms with Gasteiger partial charge < -0.3 is 10.5 Å². The first-order chi connectivity index (χ1) is 8.56. The van der Waals surface area contributed by atoms with E-state index in [-0.39, 0.29) is 12.4 Å². The quantitative estimate of drug-likeness (QED) is 0.873. The van der Waals surface area contributed by atoms with Crippen LogP contribution in [-0.2, 0) is 6.61 Å². The van der Waals surface area contributed by atoms with Gasteiger partial charge in [-0.3, -0.25) is 0 Å². The lowest BCUT2D eigenvalue weighted by molar-refractivity contribution is 0.302. The van der Waals surface area contributed by atoms with Crippen LogP contribution >= 0.6 is 15.9 Å². The van der Waals surface area contributed by atoms with Crippen LogP contribution < -0.4 is 10.5 Å². The van der Waals surface area contributed by atoms with Gasteiger partial charge in [-0.05, 0) is 24.3 Å². The third-order valence-corrected chi connectivity index (χ3v) is 3.10. The summed E-state index contributed by atoms with van der Waals surface area (Å²) in [5.41, 5.74) is 7.12. The number of nitrogen functional groups attached to an aromatic ring is 1. The van der Waals surface area contributed by atoms with Crippen molar-refractivity contribution in [1.29, 1.82) is 0 Å². The molecule has 0 bridgehead atoms. The number of anilines is 1. The Morgan fingerprint density at radius 1 is 1.06 bits per heavy atom. The largest absolute Gasteiger partial charge is 0.489 e. The molecule has 0 unspecified atom stereocenters. The fourth-order valence-electron chi connectivity index (χ4n) is 1.41. The highest BCUT2D eigenvalue weighted by molar-refractivity contribution is 9.10. The van der Waals surface area contributed by atoms with Crippen molar-refractivity contribution in [3.8, 4) is 5.75 Å². The second kappa shape index (κ2) is 5.35. The van der Waals surface area contributed by atoms with Crippen molar-refractivity contribution in [3.63, 3.8) is 0 Å². The van der Waals surface area contributed by atoms with E-state index in [1.54, 1.807) is 18.2 Å². The maximum absolute atomic E-state index is 13.0. The summed E-state index contributed by atoms with van der Waals surface area (Å²) >= 11 is 3.35. The molecule has 0 radical (unpaired) electrons. The van der Waals surface area contributed by atoms with E-state index in [1.165, 1.54) is 6.07 Å². The average molecular weight is 314 g/mol. The molecule has 0 spiro atoms. The number of hydrogen-bond donors (Lipinski definition) is 1. The zero-order valence-corrected chi connectivity index (χ0v) is 10.9. The van der Waals surface area contributed by atoms with Gasteiger partial charge in [-0.2, -0.15) is 0 Å². The standard InChI is InChI=1S/C13H10BrF2NO/c14-11-5-9(17)2-1-8(11)7-18-10-3-4-12(15)13(16)6-10/h1-6H,7,17H2. The smallest absolute Gasteiger partial charge is 0.162 e. The second-order valence-electron chi connectivity index (χ2n) is 3.72. The number of rotatable bonds is 3. The molecule has 5 heteroatoms. The van der Waals surface area contributed by atoms with Gasteiger partial charge in [-0.15, -0.1) is 0 Å². The normalized spacial score (nSPS) is 10.4. The van der Waals surface area contributed by atoms with E-state index in [4.69, 9.17) is 10.5 Å². The Morgan fingerprint density at radius 3 is 2.50 bits per heavy atom. The molecular formula is C13H10BrF2NO. The molecule has 2 rings (SSSR count). The van der Waals surface area contributed by atoms with Crippen molar-refractivity contribution in [2.24, 2.45) is 0 Å². The fourth-order valence-corrected chi connectivity index (χ4v) is 1.92. The van der Waals surface area contributed by atoms with Crippen molar-refractivity contribution in [2.75, 3.05) is 5.73 Å². The molecule has 2 N–H and O–H groups in total. The van der Waals surface area contributed by atoms with E-state index >= 15 is 0 Å². The molecule has 0 fully saturated rings. The van der Waals surface area contributed by atoms with Crippen LogP contribution in [0.2, 0.25) is 0 Å². The summed E-state index contributed by atoms with van der Waals surface area (Å²) in [7, 11) is 0. The summed E-state index contributed by atoms with van der Waals surface area (Å²) in [5, 5.41) is 0. The highest BCUT2D eigenvalue weighted by Crippen LogP contribution is 2.22. The Hall–Kier alpha value is -1.62. The molecule has 0 heterocycles. The lowest BCUT2D eigenvalue weighted by Crippen LogP contribution is -1.98. The third-order valence-electron chi connectivity index (χ3n) is 2.36. The minimum absolute atomic E-state index is 0.242. The van der Waals surface area contributed by atoms with Gasteiger partial charge in [0.15, 0.2) is 11.6 Å². The zero-order valence-electron chi connectivity index (χ0n) is 9.29. The van der Waals surface area contributed by atoms with E-state index in [9.17, 15) is 8.78 Å². The number of halogens is 3. The molecule has 0 aliphatic carbocycles. The zero-order chi connectivity index (χ0) is 13.1. The molecule has 0 saturated heterocycles. The average Bonchev–Trinajstić information content (AvgIpc) is 2.32. The third kappa shape index (κ3) is 2.98. The SMILES string of the molecule is Nc1ccc(COc2ccc(F)c(F)c2)c(Br)c1. The Bertz CT molecular complexity index is 575. The van der Waals surface area contributed by atoms with Gasteiger partial charge in [0, 0.05) is 21.8 Å². The molecule has 94 valence electrons. The first-order valence-electron chi connectivity index (χ1n) is 5.18. The van der Waals surface area contributed by atoms with Crippen LogP contribution in [0.5, 0.6) is 5.75 Å². The summed E-state index contributed by atoms with van der Waals surface area (Å²) in [5.74, 6) is -1.54. The van der Waals surface area contributed by atoms with Gasteiger partial charge in [0.2, 0.25) is 0 Å². The molecule has 2 aromatic rings. The van der Waals surface area contributed by atoms with Crippen molar-refractivity contribution >= 4 is 21.6 Å².